The van der Waals surface area contributed by atoms with Gasteiger partial charge in [-0.2, -0.15) is 0 Å². The van der Waals surface area contributed by atoms with Gasteiger partial charge in [-0.25, -0.2) is 0 Å². The number of rotatable bonds is 3. The van der Waals surface area contributed by atoms with Gasteiger partial charge in [-0.3, -0.25) is 0 Å². The summed E-state index contributed by atoms with van der Waals surface area (Å²) in [6, 6.07) is 5.58. The van der Waals surface area contributed by atoms with Gasteiger partial charge in [0.1, 0.15) is 0 Å². The van der Waals surface area contributed by atoms with E-state index in [9.17, 15) is 0 Å². The molecule has 4 N–H and O–H groups in total. The molecule has 0 amide bonds. The first kappa shape index (κ1) is 11.0. The molecule has 1 rings (SSSR count). The minimum absolute atomic E-state index is 0.0741. The minimum atomic E-state index is -0.0741. The summed E-state index contributed by atoms with van der Waals surface area (Å²) >= 11 is 9.36. The van der Waals surface area contributed by atoms with Gasteiger partial charge in [-0.05, 0) is 36.7 Å². The van der Waals surface area contributed by atoms with E-state index in [-0.39, 0.29) is 6.04 Å². The quantitative estimate of drug-likeness (QED) is 0.880. The molecule has 4 heteroatoms. The smallest absolute Gasteiger partial charge is 0.0454 e. The summed E-state index contributed by atoms with van der Waals surface area (Å²) in [5.41, 5.74) is 12.3. The Bertz CT molecular complexity index is 291. The second-order valence-corrected chi connectivity index (χ2v) is 4.17. The third kappa shape index (κ3) is 2.95. The highest BCUT2D eigenvalue weighted by atomic mass is 79.9. The average molecular weight is 264 g/mol. The lowest BCUT2D eigenvalue weighted by Crippen LogP contribution is -2.15. The van der Waals surface area contributed by atoms with E-state index < -0.39 is 0 Å². The molecular formula is C9H12BrClN2. The fraction of sp³-hybridized carbons (Fsp3) is 0.333. The van der Waals surface area contributed by atoms with Gasteiger partial charge in [0, 0.05) is 15.5 Å². The van der Waals surface area contributed by atoms with E-state index in [0.717, 1.165) is 16.5 Å². The van der Waals surface area contributed by atoms with Crippen LogP contribution in [-0.2, 0) is 0 Å². The van der Waals surface area contributed by atoms with E-state index in [1.165, 1.54) is 0 Å². The molecule has 1 aromatic carbocycles. The normalized spacial score (nSPS) is 12.9. The molecule has 0 aliphatic rings. The fourth-order valence-electron chi connectivity index (χ4n) is 1.13. The van der Waals surface area contributed by atoms with Crippen molar-refractivity contribution in [2.75, 3.05) is 6.54 Å². The highest BCUT2D eigenvalue weighted by molar-refractivity contribution is 9.10. The van der Waals surface area contributed by atoms with Crippen LogP contribution in [0.1, 0.15) is 18.0 Å². The summed E-state index contributed by atoms with van der Waals surface area (Å²) in [6.45, 7) is 0.573. The molecule has 0 aliphatic carbocycles. The van der Waals surface area contributed by atoms with Gasteiger partial charge in [0.15, 0.2) is 0 Å². The lowest BCUT2D eigenvalue weighted by Gasteiger charge is -2.12. The van der Waals surface area contributed by atoms with Crippen LogP contribution in [0.15, 0.2) is 22.7 Å². The standard InChI is InChI=1S/C9H12BrClN2/c10-6-1-2-8(11)7(5-6)9(13)3-4-12/h1-2,5,9H,3-4,12-13H2/t9-/m0/s1. The summed E-state index contributed by atoms with van der Waals surface area (Å²) < 4.78 is 0.986. The van der Waals surface area contributed by atoms with Crippen LogP contribution < -0.4 is 11.5 Å². The average Bonchev–Trinajstić information content (AvgIpc) is 2.09. The Morgan fingerprint density at radius 2 is 2.15 bits per heavy atom. The number of hydrogen-bond donors (Lipinski definition) is 2. The SMILES string of the molecule is NCC[C@H](N)c1cc(Br)ccc1Cl. The molecule has 0 aliphatic heterocycles. The molecule has 0 aromatic heterocycles. The largest absolute Gasteiger partial charge is 0.330 e. The summed E-state index contributed by atoms with van der Waals surface area (Å²) in [5.74, 6) is 0. The van der Waals surface area contributed by atoms with Gasteiger partial charge in [-0.1, -0.05) is 27.5 Å². The molecular weight excluding hydrogens is 251 g/mol. The van der Waals surface area contributed by atoms with Crippen LogP contribution >= 0.6 is 27.5 Å². The van der Waals surface area contributed by atoms with Gasteiger partial charge >= 0.3 is 0 Å². The second-order valence-electron chi connectivity index (χ2n) is 2.85. The van der Waals surface area contributed by atoms with Crippen molar-refractivity contribution >= 4 is 27.5 Å². The molecule has 1 aromatic rings. The molecule has 0 saturated heterocycles. The first-order valence-corrected chi connectivity index (χ1v) is 5.23. The zero-order valence-corrected chi connectivity index (χ0v) is 9.48. The van der Waals surface area contributed by atoms with Crippen LogP contribution in [0.4, 0.5) is 0 Å². The molecule has 0 fully saturated rings. The van der Waals surface area contributed by atoms with Crippen molar-refractivity contribution in [3.8, 4) is 0 Å². The monoisotopic (exact) mass is 262 g/mol. The summed E-state index contributed by atoms with van der Waals surface area (Å²) in [4.78, 5) is 0. The molecule has 0 bridgehead atoms. The van der Waals surface area contributed by atoms with Crippen LogP contribution in [0, 0.1) is 0 Å². The topological polar surface area (TPSA) is 52.0 Å². The summed E-state index contributed by atoms with van der Waals surface area (Å²) in [6.07, 6.45) is 0.746. The van der Waals surface area contributed by atoms with Gasteiger partial charge in [0.2, 0.25) is 0 Å². The van der Waals surface area contributed by atoms with Gasteiger partial charge in [0.25, 0.3) is 0 Å². The van der Waals surface area contributed by atoms with Crippen molar-refractivity contribution in [1.82, 2.24) is 0 Å². The number of benzene rings is 1. The van der Waals surface area contributed by atoms with E-state index in [1.807, 2.05) is 18.2 Å². The van der Waals surface area contributed by atoms with Crippen LogP contribution in [0.3, 0.4) is 0 Å². The Hall–Kier alpha value is -0.0900. The predicted molar refractivity (Wildman–Crippen MR) is 59.8 cm³/mol. The molecule has 72 valence electrons. The number of hydrogen-bond acceptors (Lipinski definition) is 2. The van der Waals surface area contributed by atoms with Gasteiger partial charge in [-0.15, -0.1) is 0 Å². The van der Waals surface area contributed by atoms with Crippen LogP contribution in [-0.4, -0.2) is 6.54 Å². The Morgan fingerprint density at radius 3 is 2.77 bits per heavy atom. The van der Waals surface area contributed by atoms with Gasteiger partial charge < -0.3 is 11.5 Å². The third-order valence-electron chi connectivity index (χ3n) is 1.84. The van der Waals surface area contributed by atoms with Crippen molar-refractivity contribution < 1.29 is 0 Å². The molecule has 0 radical (unpaired) electrons. The van der Waals surface area contributed by atoms with Crippen molar-refractivity contribution in [2.45, 2.75) is 12.5 Å². The van der Waals surface area contributed by atoms with Crippen LogP contribution in [0.2, 0.25) is 5.02 Å². The van der Waals surface area contributed by atoms with Gasteiger partial charge in [0.05, 0.1) is 0 Å². The van der Waals surface area contributed by atoms with E-state index in [1.54, 1.807) is 0 Å². The van der Waals surface area contributed by atoms with Crippen LogP contribution in [0.25, 0.3) is 0 Å². The number of halogens is 2. The van der Waals surface area contributed by atoms with Crippen molar-refractivity contribution in [3.05, 3.63) is 33.3 Å². The first-order valence-electron chi connectivity index (χ1n) is 4.05. The lowest BCUT2D eigenvalue weighted by molar-refractivity contribution is 0.661. The highest BCUT2D eigenvalue weighted by Gasteiger charge is 2.09. The molecule has 0 saturated carbocycles. The predicted octanol–water partition coefficient (Wildman–Crippen LogP) is 2.45. The Balaban J connectivity index is 2.91. The number of nitrogens with two attached hydrogens (primary N) is 2. The maximum absolute atomic E-state index is 5.99. The van der Waals surface area contributed by atoms with Crippen molar-refractivity contribution in [3.63, 3.8) is 0 Å². The van der Waals surface area contributed by atoms with Crippen LogP contribution in [0.5, 0.6) is 0 Å². The fourth-order valence-corrected chi connectivity index (χ4v) is 1.77. The maximum Gasteiger partial charge on any atom is 0.0454 e. The zero-order chi connectivity index (χ0) is 9.84. The Morgan fingerprint density at radius 1 is 1.46 bits per heavy atom. The van der Waals surface area contributed by atoms with E-state index in [0.29, 0.717) is 11.6 Å². The Labute approximate surface area is 91.4 Å². The van der Waals surface area contributed by atoms with Crippen molar-refractivity contribution in [1.29, 1.82) is 0 Å². The third-order valence-corrected chi connectivity index (χ3v) is 2.67. The molecule has 1 atom stereocenters. The van der Waals surface area contributed by atoms with E-state index in [2.05, 4.69) is 15.9 Å². The molecule has 2 nitrogen and oxygen atoms in total. The first-order chi connectivity index (χ1) is 6.15. The maximum atomic E-state index is 5.99. The Kier molecular flexibility index (Phi) is 4.19. The summed E-state index contributed by atoms with van der Waals surface area (Å²) in [7, 11) is 0. The molecule has 0 heterocycles. The highest BCUT2D eigenvalue weighted by Crippen LogP contribution is 2.26. The lowest BCUT2D eigenvalue weighted by atomic mass is 10.1. The summed E-state index contributed by atoms with van der Waals surface area (Å²) in [5, 5.41) is 0.698. The zero-order valence-electron chi connectivity index (χ0n) is 7.13. The molecule has 13 heavy (non-hydrogen) atoms. The van der Waals surface area contributed by atoms with Crippen molar-refractivity contribution in [2.24, 2.45) is 11.5 Å². The minimum Gasteiger partial charge on any atom is -0.330 e. The molecule has 0 unspecified atom stereocenters. The van der Waals surface area contributed by atoms with E-state index in [4.69, 9.17) is 23.1 Å². The second kappa shape index (κ2) is 4.96. The molecule has 0 spiro atoms. The van der Waals surface area contributed by atoms with E-state index >= 15 is 0 Å².